The maximum Gasteiger partial charge on any atom is 0.295 e. The van der Waals surface area contributed by atoms with Crippen LogP contribution in [-0.2, 0) is 6.54 Å². The average molecular weight is 243 g/mol. The molecule has 3 rings (SSSR count). The van der Waals surface area contributed by atoms with Crippen LogP contribution in [0.5, 0.6) is 0 Å². The highest BCUT2D eigenvalue weighted by atomic mass is 16.4. The molecule has 0 fully saturated rings. The molecule has 0 atom stereocenters. The summed E-state index contributed by atoms with van der Waals surface area (Å²) in [6.07, 6.45) is 3.66. The van der Waals surface area contributed by atoms with Crippen LogP contribution in [0.1, 0.15) is 0 Å². The first-order valence-corrected chi connectivity index (χ1v) is 5.69. The van der Waals surface area contributed by atoms with E-state index in [1.54, 1.807) is 12.3 Å². The lowest BCUT2D eigenvalue weighted by molar-refractivity contribution is 0.592. The van der Waals surface area contributed by atoms with Crippen LogP contribution in [0.2, 0.25) is 0 Å². The molecule has 6 nitrogen and oxygen atoms in total. The molecule has 0 saturated heterocycles. The van der Waals surface area contributed by atoms with Crippen LogP contribution < -0.4 is 11.1 Å². The fraction of sp³-hybridized carbons (Fsp3) is 0.167. The summed E-state index contributed by atoms with van der Waals surface area (Å²) < 4.78 is 7.37. The van der Waals surface area contributed by atoms with E-state index in [0.717, 1.165) is 6.54 Å². The number of aromatic nitrogens is 3. The predicted molar refractivity (Wildman–Crippen MR) is 69.1 cm³/mol. The molecule has 2 heterocycles. The van der Waals surface area contributed by atoms with Gasteiger partial charge in [-0.15, -0.1) is 0 Å². The van der Waals surface area contributed by atoms with Crippen LogP contribution in [0.25, 0.3) is 11.1 Å². The van der Waals surface area contributed by atoms with Gasteiger partial charge in [0.2, 0.25) is 0 Å². The molecule has 0 aliphatic rings. The lowest BCUT2D eigenvalue weighted by atomic mass is 10.3. The van der Waals surface area contributed by atoms with Gasteiger partial charge in [-0.25, -0.2) is 0 Å². The topological polar surface area (TPSA) is 81.9 Å². The molecule has 0 aliphatic heterocycles. The maximum atomic E-state index is 5.81. The smallest absolute Gasteiger partial charge is 0.295 e. The molecule has 0 bridgehead atoms. The van der Waals surface area contributed by atoms with E-state index in [2.05, 4.69) is 15.4 Å². The zero-order valence-corrected chi connectivity index (χ0v) is 9.71. The molecular formula is C12H13N5O. The van der Waals surface area contributed by atoms with Crippen LogP contribution in [0.15, 0.2) is 41.1 Å². The number of hydrogen-bond donors (Lipinski definition) is 2. The molecule has 1 aromatic carbocycles. The zero-order valence-electron chi connectivity index (χ0n) is 9.71. The van der Waals surface area contributed by atoms with Gasteiger partial charge in [0.05, 0.1) is 12.2 Å². The Hall–Kier alpha value is -2.50. The van der Waals surface area contributed by atoms with Crippen molar-refractivity contribution in [3.05, 3.63) is 36.7 Å². The minimum Gasteiger partial charge on any atom is -0.423 e. The van der Waals surface area contributed by atoms with Gasteiger partial charge in [0.1, 0.15) is 5.52 Å². The average Bonchev–Trinajstić information content (AvgIpc) is 2.98. The molecule has 0 amide bonds. The second-order valence-corrected chi connectivity index (χ2v) is 3.91. The van der Waals surface area contributed by atoms with Crippen molar-refractivity contribution in [3.8, 4) is 0 Å². The minimum atomic E-state index is 0.482. The van der Waals surface area contributed by atoms with Crippen LogP contribution in [-0.4, -0.2) is 21.3 Å². The van der Waals surface area contributed by atoms with Gasteiger partial charge in [-0.1, -0.05) is 6.07 Å². The number of nitrogen functional groups attached to an aromatic ring is 1. The molecule has 3 aromatic rings. The van der Waals surface area contributed by atoms with E-state index in [1.807, 2.05) is 29.1 Å². The van der Waals surface area contributed by atoms with Gasteiger partial charge in [0.15, 0.2) is 5.58 Å². The Morgan fingerprint density at radius 2 is 2.28 bits per heavy atom. The van der Waals surface area contributed by atoms with Crippen molar-refractivity contribution in [2.24, 2.45) is 0 Å². The summed E-state index contributed by atoms with van der Waals surface area (Å²) in [5.74, 6) is 0. The molecule has 0 radical (unpaired) electrons. The fourth-order valence-corrected chi connectivity index (χ4v) is 1.76. The van der Waals surface area contributed by atoms with Crippen LogP contribution >= 0.6 is 0 Å². The summed E-state index contributed by atoms with van der Waals surface area (Å²) in [5, 5.41) is 7.22. The number of fused-ring (bicyclic) bond motifs is 1. The quantitative estimate of drug-likeness (QED) is 0.682. The summed E-state index contributed by atoms with van der Waals surface area (Å²) in [6, 6.07) is 7.86. The third kappa shape index (κ3) is 2.00. The van der Waals surface area contributed by atoms with Gasteiger partial charge in [-0.2, -0.15) is 10.1 Å². The number of nitrogens with one attached hydrogen (secondary N) is 1. The third-order valence-corrected chi connectivity index (χ3v) is 2.63. The minimum absolute atomic E-state index is 0.482. The molecule has 18 heavy (non-hydrogen) atoms. The van der Waals surface area contributed by atoms with Gasteiger partial charge < -0.3 is 15.5 Å². The molecule has 6 heteroatoms. The van der Waals surface area contributed by atoms with Crippen molar-refractivity contribution < 1.29 is 4.42 Å². The van der Waals surface area contributed by atoms with Crippen molar-refractivity contribution >= 4 is 22.8 Å². The first kappa shape index (κ1) is 10.6. The SMILES string of the molecule is Nc1cccc2oc(NCCn3cccn3)nc12. The van der Waals surface area contributed by atoms with Crippen molar-refractivity contribution in [3.63, 3.8) is 0 Å². The molecule has 3 N–H and O–H groups in total. The van der Waals surface area contributed by atoms with Crippen LogP contribution in [0.4, 0.5) is 11.7 Å². The van der Waals surface area contributed by atoms with Crippen molar-refractivity contribution in [2.45, 2.75) is 6.54 Å². The van der Waals surface area contributed by atoms with Gasteiger partial charge in [0.25, 0.3) is 6.01 Å². The second kappa shape index (κ2) is 4.40. The number of nitrogens with two attached hydrogens (primary N) is 1. The van der Waals surface area contributed by atoms with Gasteiger partial charge in [0, 0.05) is 18.9 Å². The van der Waals surface area contributed by atoms with Gasteiger partial charge >= 0.3 is 0 Å². The summed E-state index contributed by atoms with van der Waals surface area (Å²) in [5.41, 5.74) is 7.82. The summed E-state index contributed by atoms with van der Waals surface area (Å²) >= 11 is 0. The Bertz CT molecular complexity index is 644. The van der Waals surface area contributed by atoms with E-state index >= 15 is 0 Å². The highest BCUT2D eigenvalue weighted by Crippen LogP contribution is 2.23. The normalized spacial score (nSPS) is 10.9. The van der Waals surface area contributed by atoms with Crippen LogP contribution in [0, 0.1) is 0 Å². The molecular weight excluding hydrogens is 230 g/mol. The summed E-state index contributed by atoms with van der Waals surface area (Å²) in [6.45, 7) is 1.44. The molecule has 92 valence electrons. The Kier molecular flexibility index (Phi) is 2.60. The van der Waals surface area contributed by atoms with E-state index in [-0.39, 0.29) is 0 Å². The van der Waals surface area contributed by atoms with Crippen molar-refractivity contribution in [1.29, 1.82) is 0 Å². The largest absolute Gasteiger partial charge is 0.423 e. The standard InChI is InChI=1S/C12H13N5O/c13-9-3-1-4-10-11(9)16-12(18-10)14-6-8-17-7-2-5-15-17/h1-5,7H,6,8,13H2,(H,14,16). The first-order valence-electron chi connectivity index (χ1n) is 5.69. The number of rotatable bonds is 4. The molecule has 0 unspecified atom stereocenters. The Morgan fingerprint density at radius 3 is 3.06 bits per heavy atom. The Labute approximate surface area is 103 Å². The Balaban J connectivity index is 1.69. The highest BCUT2D eigenvalue weighted by molar-refractivity contribution is 5.86. The van der Waals surface area contributed by atoms with E-state index in [9.17, 15) is 0 Å². The van der Waals surface area contributed by atoms with Crippen molar-refractivity contribution in [2.75, 3.05) is 17.6 Å². The summed E-state index contributed by atoms with van der Waals surface area (Å²) in [4.78, 5) is 4.30. The number of anilines is 2. The molecule has 0 aliphatic carbocycles. The predicted octanol–water partition coefficient (Wildman–Crippen LogP) is 1.72. The molecule has 2 aromatic heterocycles. The lowest BCUT2D eigenvalue weighted by Crippen LogP contribution is -2.10. The fourth-order valence-electron chi connectivity index (χ4n) is 1.76. The monoisotopic (exact) mass is 243 g/mol. The number of oxazole rings is 1. The maximum absolute atomic E-state index is 5.81. The van der Waals surface area contributed by atoms with E-state index < -0.39 is 0 Å². The van der Waals surface area contributed by atoms with Crippen LogP contribution in [0.3, 0.4) is 0 Å². The molecule has 0 spiro atoms. The number of nitrogens with zero attached hydrogens (tertiary/aromatic N) is 3. The number of benzene rings is 1. The van der Waals surface area contributed by atoms with E-state index in [1.165, 1.54) is 0 Å². The van der Waals surface area contributed by atoms with E-state index in [0.29, 0.717) is 29.3 Å². The molecule has 0 saturated carbocycles. The first-order chi connectivity index (χ1) is 8.83. The number of hydrogen-bond acceptors (Lipinski definition) is 5. The van der Waals surface area contributed by atoms with Gasteiger partial charge in [-0.3, -0.25) is 4.68 Å². The third-order valence-electron chi connectivity index (χ3n) is 2.63. The lowest BCUT2D eigenvalue weighted by Gasteiger charge is -2.01. The highest BCUT2D eigenvalue weighted by Gasteiger charge is 2.07. The zero-order chi connectivity index (χ0) is 12.4. The Morgan fingerprint density at radius 1 is 1.33 bits per heavy atom. The van der Waals surface area contributed by atoms with Gasteiger partial charge in [-0.05, 0) is 18.2 Å². The van der Waals surface area contributed by atoms with E-state index in [4.69, 9.17) is 10.2 Å². The number of para-hydroxylation sites is 1. The second-order valence-electron chi connectivity index (χ2n) is 3.91. The summed E-state index contributed by atoms with van der Waals surface area (Å²) in [7, 11) is 0. The van der Waals surface area contributed by atoms with Crippen molar-refractivity contribution in [1.82, 2.24) is 14.8 Å².